The lowest BCUT2D eigenvalue weighted by molar-refractivity contribution is -0.137. The number of carbonyl (C=O) groups is 2. The van der Waals surface area contributed by atoms with E-state index in [0.29, 0.717) is 43.2 Å². The highest BCUT2D eigenvalue weighted by molar-refractivity contribution is 5.92. The Kier molecular flexibility index (Phi) is 6.26. The molecule has 2 aromatic heterocycles. The lowest BCUT2D eigenvalue weighted by atomic mass is 9.95. The van der Waals surface area contributed by atoms with Gasteiger partial charge in [0.1, 0.15) is 11.8 Å². The van der Waals surface area contributed by atoms with E-state index in [1.807, 2.05) is 42.2 Å². The van der Waals surface area contributed by atoms with Crippen molar-refractivity contribution in [3.8, 4) is 11.6 Å². The molecule has 4 rings (SSSR count). The van der Waals surface area contributed by atoms with Gasteiger partial charge in [0.2, 0.25) is 17.7 Å². The molecule has 2 amide bonds. The molecule has 31 heavy (non-hydrogen) atoms. The van der Waals surface area contributed by atoms with Crippen LogP contribution < -0.4 is 10.1 Å². The van der Waals surface area contributed by atoms with E-state index in [0.717, 1.165) is 0 Å². The van der Waals surface area contributed by atoms with Gasteiger partial charge in [-0.25, -0.2) is 4.98 Å². The van der Waals surface area contributed by atoms with Gasteiger partial charge in [0, 0.05) is 37.5 Å². The Hall–Kier alpha value is -3.68. The van der Waals surface area contributed by atoms with Crippen LogP contribution in [0.15, 0.2) is 67.1 Å². The molecule has 0 bridgehead atoms. The maximum absolute atomic E-state index is 12.7. The van der Waals surface area contributed by atoms with Gasteiger partial charge in [-0.3, -0.25) is 14.3 Å². The number of carbonyl (C=O) groups excluding carboxylic acids is 2. The molecule has 3 aromatic rings. The maximum Gasteiger partial charge on any atom is 0.247 e. The van der Waals surface area contributed by atoms with Crippen molar-refractivity contribution in [2.24, 2.45) is 5.92 Å². The summed E-state index contributed by atoms with van der Waals surface area (Å²) >= 11 is 0. The Labute approximate surface area is 180 Å². The summed E-state index contributed by atoms with van der Waals surface area (Å²) in [6, 6.07) is 14.3. The molecule has 0 spiro atoms. The van der Waals surface area contributed by atoms with E-state index in [4.69, 9.17) is 4.74 Å². The minimum Gasteiger partial charge on any atom is -0.439 e. The second-order valence-electron chi connectivity index (χ2n) is 7.55. The quantitative estimate of drug-likeness (QED) is 0.660. The SMILES string of the molecule is C[C@H](C(=O)N1CCC(C(=O)Nc2ccc(Oc3ccccc3)nc2)CC1)n1cccn1. The van der Waals surface area contributed by atoms with Gasteiger partial charge < -0.3 is 15.0 Å². The van der Waals surface area contributed by atoms with E-state index in [-0.39, 0.29) is 23.8 Å². The van der Waals surface area contributed by atoms with Gasteiger partial charge in [-0.05, 0) is 44.0 Å². The van der Waals surface area contributed by atoms with Crippen molar-refractivity contribution in [3.63, 3.8) is 0 Å². The summed E-state index contributed by atoms with van der Waals surface area (Å²) in [6.07, 6.45) is 6.29. The van der Waals surface area contributed by atoms with Crippen LogP contribution in [-0.2, 0) is 9.59 Å². The number of anilines is 1. The fourth-order valence-electron chi connectivity index (χ4n) is 3.62. The summed E-state index contributed by atoms with van der Waals surface area (Å²) in [4.78, 5) is 31.4. The molecule has 0 saturated carbocycles. The number of nitrogens with zero attached hydrogens (tertiary/aromatic N) is 4. The minimum absolute atomic E-state index is 0.0285. The van der Waals surface area contributed by atoms with Crippen LogP contribution in [0, 0.1) is 5.92 Å². The summed E-state index contributed by atoms with van der Waals surface area (Å²) in [5.74, 6) is 1.01. The Morgan fingerprint density at radius 1 is 1.10 bits per heavy atom. The van der Waals surface area contributed by atoms with Crippen molar-refractivity contribution >= 4 is 17.5 Å². The number of hydrogen-bond acceptors (Lipinski definition) is 5. The Morgan fingerprint density at radius 3 is 2.52 bits per heavy atom. The molecule has 1 aliphatic rings. The van der Waals surface area contributed by atoms with E-state index in [1.54, 1.807) is 41.5 Å². The van der Waals surface area contributed by atoms with Crippen LogP contribution in [0.1, 0.15) is 25.8 Å². The molecule has 1 aliphatic heterocycles. The first kappa shape index (κ1) is 20.6. The summed E-state index contributed by atoms with van der Waals surface area (Å²) in [5, 5.41) is 7.06. The molecule has 0 aliphatic carbocycles. The van der Waals surface area contributed by atoms with Gasteiger partial charge >= 0.3 is 0 Å². The van der Waals surface area contributed by atoms with Crippen molar-refractivity contribution in [1.29, 1.82) is 0 Å². The number of ether oxygens (including phenoxy) is 1. The van der Waals surface area contributed by atoms with Gasteiger partial charge in [0.15, 0.2) is 0 Å². The normalized spacial score (nSPS) is 15.3. The fourth-order valence-corrected chi connectivity index (χ4v) is 3.62. The zero-order valence-corrected chi connectivity index (χ0v) is 17.3. The number of benzene rings is 1. The molecule has 3 heterocycles. The average molecular weight is 419 g/mol. The average Bonchev–Trinajstić information content (AvgIpc) is 3.35. The molecular weight excluding hydrogens is 394 g/mol. The van der Waals surface area contributed by atoms with Crippen molar-refractivity contribution in [3.05, 3.63) is 67.1 Å². The number of piperidine rings is 1. The van der Waals surface area contributed by atoms with Crippen LogP contribution in [0.5, 0.6) is 11.6 Å². The Bertz CT molecular complexity index is 997. The molecule has 1 aromatic carbocycles. The highest BCUT2D eigenvalue weighted by Crippen LogP contribution is 2.23. The standard InChI is InChI=1S/C23H25N5O3/c1-17(28-13-5-12-25-28)23(30)27-14-10-18(11-15-27)22(29)26-19-8-9-21(24-16-19)31-20-6-3-2-4-7-20/h2-9,12-13,16-18H,10-11,14-15H2,1H3,(H,26,29)/t17-/m1/s1. The first-order chi connectivity index (χ1) is 15.1. The summed E-state index contributed by atoms with van der Waals surface area (Å²) < 4.78 is 7.32. The van der Waals surface area contributed by atoms with Gasteiger partial charge in [-0.1, -0.05) is 18.2 Å². The van der Waals surface area contributed by atoms with Crippen molar-refractivity contribution in [2.75, 3.05) is 18.4 Å². The van der Waals surface area contributed by atoms with E-state index in [2.05, 4.69) is 15.4 Å². The first-order valence-corrected chi connectivity index (χ1v) is 10.4. The van der Waals surface area contributed by atoms with Gasteiger partial charge in [-0.2, -0.15) is 5.10 Å². The lowest BCUT2D eigenvalue weighted by Gasteiger charge is -2.33. The molecule has 0 unspecified atom stereocenters. The number of hydrogen-bond donors (Lipinski definition) is 1. The third-order valence-corrected chi connectivity index (χ3v) is 5.43. The molecular formula is C23H25N5O3. The third kappa shape index (κ3) is 5.09. The first-order valence-electron chi connectivity index (χ1n) is 10.4. The van der Waals surface area contributed by atoms with Gasteiger partial charge in [0.25, 0.3) is 0 Å². The number of rotatable bonds is 6. The molecule has 1 N–H and O–H groups in total. The number of nitrogens with one attached hydrogen (secondary N) is 1. The number of para-hydroxylation sites is 1. The second-order valence-corrected chi connectivity index (χ2v) is 7.55. The molecule has 1 saturated heterocycles. The van der Waals surface area contributed by atoms with Crippen LogP contribution in [0.2, 0.25) is 0 Å². The number of aromatic nitrogens is 3. The zero-order valence-electron chi connectivity index (χ0n) is 17.3. The number of likely N-dealkylation sites (tertiary alicyclic amines) is 1. The van der Waals surface area contributed by atoms with Crippen molar-refractivity contribution in [1.82, 2.24) is 19.7 Å². The molecule has 160 valence electrons. The monoisotopic (exact) mass is 419 g/mol. The maximum atomic E-state index is 12.7. The van der Waals surface area contributed by atoms with Crippen LogP contribution in [0.25, 0.3) is 0 Å². The molecule has 1 fully saturated rings. The third-order valence-electron chi connectivity index (χ3n) is 5.43. The fraction of sp³-hybridized carbons (Fsp3) is 0.304. The molecule has 1 atom stereocenters. The highest BCUT2D eigenvalue weighted by Gasteiger charge is 2.30. The summed E-state index contributed by atoms with van der Waals surface area (Å²) in [7, 11) is 0. The number of pyridine rings is 1. The molecule has 8 nitrogen and oxygen atoms in total. The van der Waals surface area contributed by atoms with E-state index in [9.17, 15) is 9.59 Å². The van der Waals surface area contributed by atoms with Gasteiger partial charge in [0.05, 0.1) is 11.9 Å². The van der Waals surface area contributed by atoms with Crippen molar-refractivity contribution < 1.29 is 14.3 Å². The lowest BCUT2D eigenvalue weighted by Crippen LogP contribution is -2.44. The molecule has 8 heteroatoms. The Balaban J connectivity index is 1.26. The van der Waals surface area contributed by atoms with E-state index in [1.165, 1.54) is 0 Å². The Morgan fingerprint density at radius 2 is 1.87 bits per heavy atom. The second kappa shape index (κ2) is 9.42. The topological polar surface area (TPSA) is 89.4 Å². The smallest absolute Gasteiger partial charge is 0.247 e. The van der Waals surface area contributed by atoms with Gasteiger partial charge in [-0.15, -0.1) is 0 Å². The molecule has 0 radical (unpaired) electrons. The number of amides is 2. The largest absolute Gasteiger partial charge is 0.439 e. The van der Waals surface area contributed by atoms with Crippen LogP contribution in [0.4, 0.5) is 5.69 Å². The van der Waals surface area contributed by atoms with Crippen molar-refractivity contribution in [2.45, 2.75) is 25.8 Å². The van der Waals surface area contributed by atoms with Crippen LogP contribution in [-0.4, -0.2) is 44.6 Å². The predicted molar refractivity (Wildman–Crippen MR) is 116 cm³/mol. The van der Waals surface area contributed by atoms with Crippen LogP contribution in [0.3, 0.4) is 0 Å². The predicted octanol–water partition coefficient (Wildman–Crippen LogP) is 3.51. The zero-order chi connectivity index (χ0) is 21.6. The highest BCUT2D eigenvalue weighted by atomic mass is 16.5. The van der Waals surface area contributed by atoms with Crippen LogP contribution >= 0.6 is 0 Å². The summed E-state index contributed by atoms with van der Waals surface area (Å²) in [5.41, 5.74) is 0.622. The van der Waals surface area contributed by atoms with E-state index < -0.39 is 0 Å². The summed E-state index contributed by atoms with van der Waals surface area (Å²) in [6.45, 7) is 2.96. The van der Waals surface area contributed by atoms with E-state index >= 15 is 0 Å². The minimum atomic E-state index is -0.344.